The minimum atomic E-state index is 0.617. The number of hydrogen-bond donors (Lipinski definition) is 0. The van der Waals surface area contributed by atoms with Gasteiger partial charge >= 0.3 is 0 Å². The van der Waals surface area contributed by atoms with Crippen LogP contribution in [0.1, 0.15) is 106 Å². The van der Waals surface area contributed by atoms with E-state index in [9.17, 15) is 0 Å². The van der Waals surface area contributed by atoms with Gasteiger partial charge in [0.2, 0.25) is 0 Å². The predicted molar refractivity (Wildman–Crippen MR) is 96.6 cm³/mol. The van der Waals surface area contributed by atoms with Crippen LogP contribution in [0.5, 0.6) is 0 Å². The highest BCUT2D eigenvalue weighted by Crippen LogP contribution is 2.43. The second-order valence-corrected chi connectivity index (χ2v) is 8.71. The van der Waals surface area contributed by atoms with E-state index < -0.39 is 0 Å². The average Bonchev–Trinajstić information content (AvgIpc) is 3.24. The van der Waals surface area contributed by atoms with E-state index in [1.54, 1.807) is 0 Å². The van der Waals surface area contributed by atoms with Gasteiger partial charge in [0.15, 0.2) is 0 Å². The fourth-order valence-corrected chi connectivity index (χ4v) is 4.35. The first-order valence-corrected chi connectivity index (χ1v) is 9.96. The van der Waals surface area contributed by atoms with Gasteiger partial charge in [0.25, 0.3) is 0 Å². The largest absolute Gasteiger partial charge is 0.0683 e. The normalized spacial score (nSPS) is 27.4. The summed E-state index contributed by atoms with van der Waals surface area (Å²) < 4.78 is 0. The molecule has 0 bridgehead atoms. The molecule has 0 heteroatoms. The Morgan fingerprint density at radius 1 is 1.05 bits per heavy atom. The maximum Gasteiger partial charge on any atom is -0.0351 e. The van der Waals surface area contributed by atoms with Crippen LogP contribution in [0.2, 0.25) is 0 Å². The lowest BCUT2D eigenvalue weighted by Crippen LogP contribution is -2.27. The van der Waals surface area contributed by atoms with Crippen LogP contribution in [0.15, 0.2) is 0 Å². The molecule has 2 saturated carbocycles. The standard InChI is InChI=1S/C19H36.C2H6/c1-15(7-5-8-17-10-11-17)13-16(2)18-9-6-12-19(3,4)14-18;1-2/h15-18H,5-14H2,1-4H3;1-2H3. The van der Waals surface area contributed by atoms with Gasteiger partial charge in [0, 0.05) is 0 Å². The summed E-state index contributed by atoms with van der Waals surface area (Å²) in [6, 6.07) is 0. The van der Waals surface area contributed by atoms with Crippen molar-refractivity contribution in [1.82, 2.24) is 0 Å². The van der Waals surface area contributed by atoms with Gasteiger partial charge in [-0.3, -0.25) is 0 Å². The van der Waals surface area contributed by atoms with Crippen LogP contribution >= 0.6 is 0 Å². The smallest absolute Gasteiger partial charge is 0.0351 e. The van der Waals surface area contributed by atoms with Crippen molar-refractivity contribution in [2.24, 2.45) is 29.1 Å². The molecule has 0 aliphatic heterocycles. The topological polar surface area (TPSA) is 0 Å². The highest BCUT2D eigenvalue weighted by atomic mass is 14.4. The Balaban J connectivity index is 0.00000106. The highest BCUT2D eigenvalue weighted by Gasteiger charge is 2.31. The molecule has 0 aromatic carbocycles. The van der Waals surface area contributed by atoms with Crippen molar-refractivity contribution in [3.05, 3.63) is 0 Å². The van der Waals surface area contributed by atoms with Crippen molar-refractivity contribution in [2.45, 2.75) is 106 Å². The summed E-state index contributed by atoms with van der Waals surface area (Å²) in [7, 11) is 0. The van der Waals surface area contributed by atoms with E-state index in [0.717, 1.165) is 23.7 Å². The minimum absolute atomic E-state index is 0.617. The Bertz CT molecular complexity index is 261. The van der Waals surface area contributed by atoms with E-state index in [2.05, 4.69) is 27.7 Å². The van der Waals surface area contributed by atoms with Crippen molar-refractivity contribution < 1.29 is 0 Å². The van der Waals surface area contributed by atoms with Gasteiger partial charge in [0.05, 0.1) is 0 Å². The maximum absolute atomic E-state index is 2.53. The molecule has 21 heavy (non-hydrogen) atoms. The molecule has 2 aliphatic carbocycles. The Morgan fingerprint density at radius 2 is 1.71 bits per heavy atom. The third-order valence-corrected chi connectivity index (χ3v) is 5.83. The summed E-state index contributed by atoms with van der Waals surface area (Å²) in [6.07, 6.45) is 14.9. The molecule has 2 aliphatic rings. The van der Waals surface area contributed by atoms with Crippen LogP contribution in [-0.2, 0) is 0 Å². The average molecular weight is 295 g/mol. The molecule has 2 fully saturated rings. The molecule has 0 amide bonds. The van der Waals surface area contributed by atoms with E-state index >= 15 is 0 Å². The second-order valence-electron chi connectivity index (χ2n) is 8.71. The van der Waals surface area contributed by atoms with E-state index in [0.29, 0.717) is 5.41 Å². The SMILES string of the molecule is CC.CC(CCCC1CC1)CC(C)C1CCCC(C)(C)C1. The van der Waals surface area contributed by atoms with Gasteiger partial charge in [-0.1, -0.05) is 86.5 Å². The van der Waals surface area contributed by atoms with Gasteiger partial charge in [-0.2, -0.15) is 0 Å². The summed E-state index contributed by atoms with van der Waals surface area (Å²) in [5, 5.41) is 0. The van der Waals surface area contributed by atoms with Crippen molar-refractivity contribution >= 4 is 0 Å². The first-order chi connectivity index (χ1) is 9.96. The summed E-state index contributed by atoms with van der Waals surface area (Å²) >= 11 is 0. The lowest BCUT2D eigenvalue weighted by atomic mass is 9.67. The first-order valence-electron chi connectivity index (χ1n) is 9.96. The van der Waals surface area contributed by atoms with Crippen molar-refractivity contribution in [3.8, 4) is 0 Å². The minimum Gasteiger partial charge on any atom is -0.0683 e. The Kier molecular flexibility index (Phi) is 8.35. The molecule has 0 heterocycles. The molecule has 0 spiro atoms. The Labute approximate surface area is 135 Å². The molecule has 0 aromatic heterocycles. The summed E-state index contributed by atoms with van der Waals surface area (Å²) in [4.78, 5) is 0. The van der Waals surface area contributed by atoms with Gasteiger partial charge in [0.1, 0.15) is 0 Å². The zero-order chi connectivity index (χ0) is 15.9. The number of hydrogen-bond acceptors (Lipinski definition) is 0. The van der Waals surface area contributed by atoms with Gasteiger partial charge in [-0.15, -0.1) is 0 Å². The third kappa shape index (κ3) is 7.71. The maximum atomic E-state index is 2.53. The van der Waals surface area contributed by atoms with Gasteiger partial charge < -0.3 is 0 Å². The molecule has 0 radical (unpaired) electrons. The summed E-state index contributed by atoms with van der Waals surface area (Å²) in [5.41, 5.74) is 0.617. The number of rotatable bonds is 7. The molecular formula is C21H42. The summed E-state index contributed by atoms with van der Waals surface area (Å²) in [6.45, 7) is 14.0. The lowest BCUT2D eigenvalue weighted by molar-refractivity contribution is 0.127. The van der Waals surface area contributed by atoms with Crippen LogP contribution < -0.4 is 0 Å². The van der Waals surface area contributed by atoms with E-state index in [-0.39, 0.29) is 0 Å². The monoisotopic (exact) mass is 294 g/mol. The Morgan fingerprint density at radius 3 is 2.29 bits per heavy atom. The predicted octanol–water partition coefficient (Wildman–Crippen LogP) is 7.47. The van der Waals surface area contributed by atoms with E-state index in [1.165, 1.54) is 64.2 Å². The van der Waals surface area contributed by atoms with Crippen LogP contribution in [-0.4, -0.2) is 0 Å². The van der Waals surface area contributed by atoms with Crippen molar-refractivity contribution in [1.29, 1.82) is 0 Å². The fraction of sp³-hybridized carbons (Fsp3) is 1.00. The molecule has 3 unspecified atom stereocenters. The van der Waals surface area contributed by atoms with Crippen molar-refractivity contribution in [3.63, 3.8) is 0 Å². The highest BCUT2D eigenvalue weighted by molar-refractivity contribution is 4.82. The molecule has 0 nitrogen and oxygen atoms in total. The van der Waals surface area contributed by atoms with Crippen molar-refractivity contribution in [2.75, 3.05) is 0 Å². The summed E-state index contributed by atoms with van der Waals surface area (Å²) in [5.74, 6) is 4.05. The van der Waals surface area contributed by atoms with E-state index in [4.69, 9.17) is 0 Å². The molecule has 126 valence electrons. The van der Waals surface area contributed by atoms with E-state index in [1.807, 2.05) is 13.8 Å². The second kappa shape index (κ2) is 9.21. The Hall–Kier alpha value is 0. The molecule has 2 rings (SSSR count). The molecule has 0 aromatic rings. The van der Waals surface area contributed by atoms with Crippen LogP contribution in [0.3, 0.4) is 0 Å². The molecule has 0 saturated heterocycles. The third-order valence-electron chi connectivity index (χ3n) is 5.83. The van der Waals surface area contributed by atoms with Gasteiger partial charge in [-0.05, 0) is 48.3 Å². The zero-order valence-corrected chi connectivity index (χ0v) is 15.9. The zero-order valence-electron chi connectivity index (χ0n) is 15.9. The molecular weight excluding hydrogens is 252 g/mol. The molecule has 0 N–H and O–H groups in total. The lowest BCUT2D eigenvalue weighted by Gasteiger charge is -2.38. The fourth-order valence-electron chi connectivity index (χ4n) is 4.35. The van der Waals surface area contributed by atoms with Gasteiger partial charge in [-0.25, -0.2) is 0 Å². The van der Waals surface area contributed by atoms with Crippen LogP contribution in [0.4, 0.5) is 0 Å². The quantitative estimate of drug-likeness (QED) is 0.456. The van der Waals surface area contributed by atoms with Crippen LogP contribution in [0, 0.1) is 29.1 Å². The molecule has 3 atom stereocenters. The van der Waals surface area contributed by atoms with Crippen LogP contribution in [0.25, 0.3) is 0 Å². The first kappa shape index (κ1) is 19.0.